The third-order valence-electron chi connectivity index (χ3n) is 4.02. The Morgan fingerprint density at radius 2 is 1.79 bits per heavy atom. The molecule has 0 aliphatic carbocycles. The molecule has 3 aromatic rings. The molecule has 6 nitrogen and oxygen atoms in total. The second-order valence-electron chi connectivity index (χ2n) is 5.96. The van der Waals surface area contributed by atoms with Crippen LogP contribution < -0.4 is 20.6 Å². The van der Waals surface area contributed by atoms with Crippen molar-refractivity contribution >= 4 is 17.8 Å². The number of hydrazone groups is 1. The lowest BCUT2D eigenvalue weighted by Gasteiger charge is -2.12. The van der Waals surface area contributed by atoms with Crippen LogP contribution in [0.2, 0.25) is 0 Å². The minimum absolute atomic E-state index is 0.223. The number of hydrogen-bond donors (Lipinski definition) is 2. The van der Waals surface area contributed by atoms with Crippen LogP contribution in [0, 0.1) is 0 Å². The van der Waals surface area contributed by atoms with Gasteiger partial charge < -0.3 is 15.2 Å². The average molecular weight is 375 g/mol. The van der Waals surface area contributed by atoms with Gasteiger partial charge in [-0.3, -0.25) is 10.2 Å². The molecular formula is C22H21N3O3. The zero-order valence-electron chi connectivity index (χ0n) is 15.5. The quantitative estimate of drug-likeness (QED) is 0.463. The number of amides is 1. The zero-order chi connectivity index (χ0) is 19.8. The van der Waals surface area contributed by atoms with Crippen molar-refractivity contribution in [3.8, 4) is 11.5 Å². The topological polar surface area (TPSA) is 85.9 Å². The van der Waals surface area contributed by atoms with E-state index < -0.39 is 5.91 Å². The molecule has 142 valence electrons. The minimum Gasteiger partial charge on any atom is -0.496 e. The van der Waals surface area contributed by atoms with E-state index in [1.54, 1.807) is 37.6 Å². The number of hydrogen-bond acceptors (Lipinski definition) is 5. The molecule has 0 radical (unpaired) electrons. The molecule has 0 heterocycles. The molecule has 0 unspecified atom stereocenters. The summed E-state index contributed by atoms with van der Waals surface area (Å²) in [6.07, 6.45) is 1.72. The predicted molar refractivity (Wildman–Crippen MR) is 110 cm³/mol. The van der Waals surface area contributed by atoms with Crippen LogP contribution in [0.1, 0.15) is 21.5 Å². The first kappa shape index (κ1) is 19.0. The van der Waals surface area contributed by atoms with E-state index in [0.29, 0.717) is 17.1 Å². The molecule has 3 N–H and O–H groups in total. The molecule has 1 amide bonds. The van der Waals surface area contributed by atoms with E-state index in [0.717, 1.165) is 16.8 Å². The summed E-state index contributed by atoms with van der Waals surface area (Å²) in [6.45, 7) is 0.223. The second-order valence-corrected chi connectivity index (χ2v) is 5.96. The van der Waals surface area contributed by atoms with Crippen molar-refractivity contribution in [3.63, 3.8) is 0 Å². The number of carbonyl (C=O) groups is 1. The van der Waals surface area contributed by atoms with Gasteiger partial charge in [0.25, 0.3) is 5.91 Å². The van der Waals surface area contributed by atoms with Crippen molar-refractivity contribution < 1.29 is 14.3 Å². The largest absolute Gasteiger partial charge is 0.496 e. The number of carbonyl (C=O) groups excluding carboxylic acids is 1. The molecule has 0 fully saturated rings. The van der Waals surface area contributed by atoms with Crippen molar-refractivity contribution in [3.05, 3.63) is 89.5 Å². The molecule has 0 bridgehead atoms. The highest BCUT2D eigenvalue weighted by Gasteiger charge is 2.10. The maximum atomic E-state index is 11.5. The maximum absolute atomic E-state index is 11.5. The number of primary amides is 1. The first-order valence-corrected chi connectivity index (χ1v) is 8.70. The van der Waals surface area contributed by atoms with E-state index in [9.17, 15) is 4.79 Å². The van der Waals surface area contributed by atoms with Gasteiger partial charge in [0.1, 0.15) is 18.1 Å². The molecule has 6 heteroatoms. The number of nitrogens with one attached hydrogen (secondary N) is 1. The molecule has 0 saturated heterocycles. The zero-order valence-corrected chi connectivity index (χ0v) is 15.5. The van der Waals surface area contributed by atoms with Crippen molar-refractivity contribution in [2.24, 2.45) is 10.8 Å². The van der Waals surface area contributed by atoms with Gasteiger partial charge in [0.2, 0.25) is 0 Å². The van der Waals surface area contributed by atoms with Crippen LogP contribution >= 0.6 is 0 Å². The lowest BCUT2D eigenvalue weighted by molar-refractivity contribution is 0.0996. The molecule has 0 spiro atoms. The monoisotopic (exact) mass is 375 g/mol. The molecule has 0 saturated carbocycles. The van der Waals surface area contributed by atoms with Crippen LogP contribution in [0.3, 0.4) is 0 Å². The van der Waals surface area contributed by atoms with Crippen molar-refractivity contribution in [1.29, 1.82) is 0 Å². The standard InChI is InChI=1S/C22H21N3O3/c1-27-20-12-11-16(14-24-25-18-7-3-2-4-8-18)13-17(20)15-28-21-10-6-5-9-19(21)22(23)26/h2-14,25H,15H2,1H3,(H2,23,26). The summed E-state index contributed by atoms with van der Waals surface area (Å²) in [5, 5.41) is 4.25. The predicted octanol–water partition coefficient (Wildman–Crippen LogP) is 3.82. The number of nitrogens with two attached hydrogens (primary N) is 1. The second kappa shape index (κ2) is 9.23. The van der Waals surface area contributed by atoms with E-state index in [1.807, 2.05) is 48.5 Å². The molecule has 0 atom stereocenters. The lowest BCUT2D eigenvalue weighted by Crippen LogP contribution is -2.13. The summed E-state index contributed by atoms with van der Waals surface area (Å²) in [6, 6.07) is 22.2. The first-order valence-electron chi connectivity index (χ1n) is 8.70. The minimum atomic E-state index is -0.532. The maximum Gasteiger partial charge on any atom is 0.252 e. The molecule has 0 aromatic heterocycles. The van der Waals surface area contributed by atoms with Gasteiger partial charge in [-0.05, 0) is 48.0 Å². The number of para-hydroxylation sites is 2. The third-order valence-corrected chi connectivity index (χ3v) is 4.02. The third kappa shape index (κ3) is 4.88. The normalized spacial score (nSPS) is 10.6. The number of rotatable bonds is 8. The van der Waals surface area contributed by atoms with Gasteiger partial charge in [-0.15, -0.1) is 0 Å². The smallest absolute Gasteiger partial charge is 0.252 e. The summed E-state index contributed by atoms with van der Waals surface area (Å²) in [5.41, 5.74) is 11.3. The van der Waals surface area contributed by atoms with Gasteiger partial charge >= 0.3 is 0 Å². The van der Waals surface area contributed by atoms with Crippen LogP contribution in [-0.4, -0.2) is 19.2 Å². The molecule has 28 heavy (non-hydrogen) atoms. The van der Waals surface area contributed by atoms with Crippen LogP contribution in [-0.2, 0) is 6.61 Å². The fraction of sp³-hybridized carbons (Fsp3) is 0.0909. The number of methoxy groups -OCH3 is 1. The molecule has 0 aliphatic heterocycles. The average Bonchev–Trinajstić information content (AvgIpc) is 2.73. The highest BCUT2D eigenvalue weighted by Crippen LogP contribution is 2.24. The highest BCUT2D eigenvalue weighted by atomic mass is 16.5. The van der Waals surface area contributed by atoms with Crippen LogP contribution in [0.5, 0.6) is 11.5 Å². The number of nitrogens with zero attached hydrogens (tertiary/aromatic N) is 1. The first-order chi connectivity index (χ1) is 13.7. The van der Waals surface area contributed by atoms with E-state index in [-0.39, 0.29) is 6.61 Å². The number of ether oxygens (including phenoxy) is 2. The SMILES string of the molecule is COc1ccc(C=NNc2ccccc2)cc1COc1ccccc1C(N)=O. The Morgan fingerprint density at radius 1 is 1.04 bits per heavy atom. The Hall–Kier alpha value is -3.80. The van der Waals surface area contributed by atoms with Crippen LogP contribution in [0.25, 0.3) is 0 Å². The van der Waals surface area contributed by atoms with E-state index >= 15 is 0 Å². The van der Waals surface area contributed by atoms with E-state index in [2.05, 4.69) is 10.5 Å². The van der Waals surface area contributed by atoms with Crippen molar-refractivity contribution in [2.75, 3.05) is 12.5 Å². The van der Waals surface area contributed by atoms with Gasteiger partial charge in [0, 0.05) is 5.56 Å². The molecular weight excluding hydrogens is 354 g/mol. The summed E-state index contributed by atoms with van der Waals surface area (Å²) < 4.78 is 11.2. The number of anilines is 1. The van der Waals surface area contributed by atoms with Gasteiger partial charge in [0.15, 0.2) is 0 Å². The highest BCUT2D eigenvalue weighted by molar-refractivity contribution is 5.95. The Balaban J connectivity index is 1.73. The Kier molecular flexibility index (Phi) is 6.25. The van der Waals surface area contributed by atoms with Crippen LogP contribution in [0.15, 0.2) is 77.9 Å². The fourth-order valence-electron chi connectivity index (χ4n) is 2.64. The number of benzene rings is 3. The Bertz CT molecular complexity index is 972. The Morgan fingerprint density at radius 3 is 2.54 bits per heavy atom. The summed E-state index contributed by atoms with van der Waals surface area (Å²) in [4.78, 5) is 11.5. The molecule has 3 rings (SSSR count). The van der Waals surface area contributed by atoms with Gasteiger partial charge in [-0.25, -0.2) is 0 Å². The van der Waals surface area contributed by atoms with Crippen LogP contribution in [0.4, 0.5) is 5.69 Å². The van der Waals surface area contributed by atoms with Crippen molar-refractivity contribution in [1.82, 2.24) is 0 Å². The fourth-order valence-corrected chi connectivity index (χ4v) is 2.64. The van der Waals surface area contributed by atoms with Gasteiger partial charge in [-0.2, -0.15) is 5.10 Å². The Labute approximate surface area is 163 Å². The van der Waals surface area contributed by atoms with E-state index in [4.69, 9.17) is 15.2 Å². The van der Waals surface area contributed by atoms with Crippen molar-refractivity contribution in [2.45, 2.75) is 6.61 Å². The van der Waals surface area contributed by atoms with E-state index in [1.165, 1.54) is 0 Å². The van der Waals surface area contributed by atoms with Gasteiger partial charge in [-0.1, -0.05) is 30.3 Å². The van der Waals surface area contributed by atoms with Gasteiger partial charge in [0.05, 0.1) is 24.6 Å². The summed E-state index contributed by atoms with van der Waals surface area (Å²) >= 11 is 0. The lowest BCUT2D eigenvalue weighted by atomic mass is 10.1. The summed E-state index contributed by atoms with van der Waals surface area (Å²) in [7, 11) is 1.60. The molecule has 0 aliphatic rings. The molecule has 3 aromatic carbocycles. The summed E-state index contributed by atoms with van der Waals surface area (Å²) in [5.74, 6) is 0.585.